The number of carbonyl (C=O) groups is 2. The molecule has 0 unspecified atom stereocenters. The zero-order valence-corrected chi connectivity index (χ0v) is 9.14. The third kappa shape index (κ3) is 1.38. The standard InChI is InChI=1S/C13H9NO3/c1-14-7-10(8-4-2-3-5-11(8)14)9-6-12(15)17-13(9)16/h2-7H,1H3. The van der Waals surface area contributed by atoms with E-state index in [0.717, 1.165) is 16.5 Å². The van der Waals surface area contributed by atoms with Gasteiger partial charge in [0.05, 0.1) is 5.57 Å². The van der Waals surface area contributed by atoms with Crippen LogP contribution in [0.15, 0.2) is 36.5 Å². The van der Waals surface area contributed by atoms with Crippen LogP contribution in [0.25, 0.3) is 16.5 Å². The molecule has 84 valence electrons. The maximum Gasteiger partial charge on any atom is 0.346 e. The Hall–Kier alpha value is -2.36. The molecule has 2 heterocycles. The Labute approximate surface area is 97.1 Å². The van der Waals surface area contributed by atoms with Gasteiger partial charge in [-0.3, -0.25) is 0 Å². The highest BCUT2D eigenvalue weighted by Crippen LogP contribution is 2.29. The molecule has 4 nitrogen and oxygen atoms in total. The molecule has 0 N–H and O–H groups in total. The summed E-state index contributed by atoms with van der Waals surface area (Å²) >= 11 is 0. The highest BCUT2D eigenvalue weighted by atomic mass is 16.6. The molecule has 0 atom stereocenters. The Morgan fingerprint density at radius 2 is 1.94 bits per heavy atom. The summed E-state index contributed by atoms with van der Waals surface area (Å²) in [7, 11) is 1.90. The average molecular weight is 227 g/mol. The number of carbonyl (C=O) groups excluding carboxylic acids is 2. The van der Waals surface area contributed by atoms with E-state index in [1.807, 2.05) is 42.1 Å². The molecule has 1 aromatic carbocycles. The summed E-state index contributed by atoms with van der Waals surface area (Å²) in [4.78, 5) is 22.6. The minimum absolute atomic E-state index is 0.326. The quantitative estimate of drug-likeness (QED) is 0.549. The summed E-state index contributed by atoms with van der Waals surface area (Å²) < 4.78 is 6.42. The lowest BCUT2D eigenvalue weighted by atomic mass is 10.1. The highest BCUT2D eigenvalue weighted by Gasteiger charge is 2.27. The number of aryl methyl sites for hydroxylation is 1. The van der Waals surface area contributed by atoms with Crippen molar-refractivity contribution >= 4 is 28.4 Å². The Bertz CT molecular complexity index is 679. The van der Waals surface area contributed by atoms with Gasteiger partial charge in [-0.25, -0.2) is 9.59 Å². The number of para-hydroxylation sites is 1. The van der Waals surface area contributed by atoms with Crippen molar-refractivity contribution in [3.05, 3.63) is 42.1 Å². The van der Waals surface area contributed by atoms with Crippen LogP contribution >= 0.6 is 0 Å². The van der Waals surface area contributed by atoms with E-state index in [4.69, 9.17) is 0 Å². The predicted molar refractivity (Wildman–Crippen MR) is 62.0 cm³/mol. The second-order valence-electron chi connectivity index (χ2n) is 3.94. The van der Waals surface area contributed by atoms with Gasteiger partial charge < -0.3 is 9.30 Å². The van der Waals surface area contributed by atoms with E-state index in [1.165, 1.54) is 6.08 Å². The smallest absolute Gasteiger partial charge is 0.346 e. The van der Waals surface area contributed by atoms with Gasteiger partial charge in [0.2, 0.25) is 0 Å². The number of aromatic nitrogens is 1. The number of hydrogen-bond acceptors (Lipinski definition) is 3. The van der Waals surface area contributed by atoms with Crippen LogP contribution in [-0.2, 0) is 21.4 Å². The third-order valence-corrected chi connectivity index (χ3v) is 2.86. The van der Waals surface area contributed by atoms with Crippen molar-refractivity contribution in [1.29, 1.82) is 0 Å². The molecule has 0 saturated carbocycles. The number of esters is 2. The van der Waals surface area contributed by atoms with Crippen LogP contribution in [0.4, 0.5) is 0 Å². The molecule has 0 aliphatic carbocycles. The van der Waals surface area contributed by atoms with E-state index in [9.17, 15) is 9.59 Å². The normalized spacial score (nSPS) is 15.2. The molecule has 1 aliphatic rings. The topological polar surface area (TPSA) is 48.3 Å². The molecule has 4 heteroatoms. The summed E-state index contributed by atoms with van der Waals surface area (Å²) in [6, 6.07) is 7.70. The number of benzene rings is 1. The summed E-state index contributed by atoms with van der Waals surface area (Å²) in [6.07, 6.45) is 3.07. The van der Waals surface area contributed by atoms with E-state index >= 15 is 0 Å². The Kier molecular flexibility index (Phi) is 1.92. The van der Waals surface area contributed by atoms with Crippen LogP contribution in [0.1, 0.15) is 5.56 Å². The fraction of sp³-hybridized carbons (Fsp3) is 0.0769. The van der Waals surface area contributed by atoms with Crippen LogP contribution in [-0.4, -0.2) is 16.5 Å². The number of hydrogen-bond donors (Lipinski definition) is 0. The Morgan fingerprint density at radius 3 is 2.65 bits per heavy atom. The first-order valence-corrected chi connectivity index (χ1v) is 5.19. The van der Waals surface area contributed by atoms with Crippen molar-refractivity contribution in [1.82, 2.24) is 4.57 Å². The first-order chi connectivity index (χ1) is 8.16. The zero-order chi connectivity index (χ0) is 12.0. The maximum absolute atomic E-state index is 11.5. The van der Waals surface area contributed by atoms with Crippen LogP contribution in [0.2, 0.25) is 0 Å². The molecule has 17 heavy (non-hydrogen) atoms. The average Bonchev–Trinajstić information content (AvgIpc) is 2.80. The Balaban J connectivity index is 2.29. The summed E-state index contributed by atoms with van der Waals surface area (Å²) in [6.45, 7) is 0. The van der Waals surface area contributed by atoms with Crippen LogP contribution in [0, 0.1) is 0 Å². The second-order valence-corrected chi connectivity index (χ2v) is 3.94. The Morgan fingerprint density at radius 1 is 1.18 bits per heavy atom. The van der Waals surface area contributed by atoms with Gasteiger partial charge in [0.15, 0.2) is 0 Å². The summed E-state index contributed by atoms with van der Waals surface area (Å²) in [5, 5.41) is 0.938. The molecule has 0 radical (unpaired) electrons. The largest absolute Gasteiger partial charge is 0.386 e. The highest BCUT2D eigenvalue weighted by molar-refractivity contribution is 6.30. The van der Waals surface area contributed by atoms with Gasteiger partial charge in [-0.1, -0.05) is 18.2 Å². The van der Waals surface area contributed by atoms with Gasteiger partial charge in [0.1, 0.15) is 0 Å². The van der Waals surface area contributed by atoms with Crippen molar-refractivity contribution in [2.45, 2.75) is 0 Å². The molecule has 1 aromatic heterocycles. The van der Waals surface area contributed by atoms with Gasteiger partial charge in [-0.15, -0.1) is 0 Å². The summed E-state index contributed by atoms with van der Waals surface area (Å²) in [5.74, 6) is -1.18. The monoisotopic (exact) mass is 227 g/mol. The van der Waals surface area contributed by atoms with E-state index < -0.39 is 11.9 Å². The summed E-state index contributed by atoms with van der Waals surface area (Å²) in [5.41, 5.74) is 2.07. The molecule has 0 bridgehead atoms. The maximum atomic E-state index is 11.5. The number of nitrogens with zero attached hydrogens (tertiary/aromatic N) is 1. The van der Waals surface area contributed by atoms with E-state index in [-0.39, 0.29) is 0 Å². The van der Waals surface area contributed by atoms with Crippen LogP contribution in [0.3, 0.4) is 0 Å². The first-order valence-electron chi connectivity index (χ1n) is 5.19. The third-order valence-electron chi connectivity index (χ3n) is 2.86. The lowest BCUT2D eigenvalue weighted by molar-refractivity contribution is -0.149. The van der Waals surface area contributed by atoms with E-state index in [1.54, 1.807) is 0 Å². The SMILES string of the molecule is Cn1cc(C2=CC(=O)OC2=O)c2ccccc21. The van der Waals surface area contributed by atoms with Crippen LogP contribution in [0.5, 0.6) is 0 Å². The van der Waals surface area contributed by atoms with Crippen molar-refractivity contribution in [3.8, 4) is 0 Å². The molecule has 0 fully saturated rings. The number of fused-ring (bicyclic) bond motifs is 1. The molecule has 0 spiro atoms. The number of ether oxygens (including phenoxy) is 1. The fourth-order valence-corrected chi connectivity index (χ4v) is 2.10. The van der Waals surface area contributed by atoms with Gasteiger partial charge in [-0.2, -0.15) is 0 Å². The van der Waals surface area contributed by atoms with Crippen molar-refractivity contribution < 1.29 is 14.3 Å². The molecule has 3 rings (SSSR count). The van der Waals surface area contributed by atoms with Gasteiger partial charge in [0, 0.05) is 35.8 Å². The molecular weight excluding hydrogens is 218 g/mol. The lowest BCUT2D eigenvalue weighted by Crippen LogP contribution is -2.01. The molecule has 1 aliphatic heterocycles. The fourth-order valence-electron chi connectivity index (χ4n) is 2.10. The second kappa shape index (κ2) is 3.31. The number of rotatable bonds is 1. The van der Waals surface area contributed by atoms with Crippen molar-refractivity contribution in [2.24, 2.45) is 7.05 Å². The van der Waals surface area contributed by atoms with Gasteiger partial charge in [0.25, 0.3) is 0 Å². The van der Waals surface area contributed by atoms with Gasteiger partial charge >= 0.3 is 11.9 Å². The minimum Gasteiger partial charge on any atom is -0.386 e. The predicted octanol–water partition coefficient (Wildman–Crippen LogP) is 1.65. The first kappa shape index (κ1) is 9.84. The number of cyclic esters (lactones) is 2. The van der Waals surface area contributed by atoms with E-state index in [2.05, 4.69) is 4.74 Å². The zero-order valence-electron chi connectivity index (χ0n) is 9.14. The van der Waals surface area contributed by atoms with Crippen LogP contribution < -0.4 is 0 Å². The molecular formula is C13H9NO3. The van der Waals surface area contributed by atoms with Gasteiger partial charge in [-0.05, 0) is 6.07 Å². The van der Waals surface area contributed by atoms with Crippen molar-refractivity contribution in [3.63, 3.8) is 0 Å². The van der Waals surface area contributed by atoms with Crippen molar-refractivity contribution in [2.75, 3.05) is 0 Å². The van der Waals surface area contributed by atoms with E-state index in [0.29, 0.717) is 5.57 Å². The molecule has 0 saturated heterocycles. The molecule has 2 aromatic rings. The minimum atomic E-state index is -0.599. The lowest BCUT2D eigenvalue weighted by Gasteiger charge is -1.96. The molecule has 0 amide bonds.